The number of nitro groups is 2. The smallest absolute Gasteiger partial charge is 0.269 e. The van der Waals surface area contributed by atoms with E-state index in [2.05, 4.69) is 24.3 Å². The van der Waals surface area contributed by atoms with Gasteiger partial charge in [0.2, 0.25) is 0 Å². The van der Waals surface area contributed by atoms with Crippen LogP contribution in [0, 0.1) is 20.2 Å². The van der Waals surface area contributed by atoms with Crippen LogP contribution in [0.1, 0.15) is 22.3 Å². The van der Waals surface area contributed by atoms with E-state index >= 15 is 0 Å². The molecule has 0 aromatic heterocycles. The summed E-state index contributed by atoms with van der Waals surface area (Å²) in [6.45, 7) is 0. The third kappa shape index (κ3) is 5.42. The van der Waals surface area contributed by atoms with Crippen molar-refractivity contribution < 1.29 is 19.3 Å². The average molecular weight is 801 g/mol. The Kier molecular flexibility index (Phi) is 8.48. The van der Waals surface area contributed by atoms with Gasteiger partial charge < -0.3 is 20.9 Å². The van der Waals surface area contributed by atoms with Gasteiger partial charge in [-0.1, -0.05) is 72.8 Å². The molecule has 2 aliphatic carbocycles. The molecule has 0 unspecified atom stereocenters. The van der Waals surface area contributed by atoms with E-state index in [1.165, 1.54) is 24.3 Å². The Labute approximate surface area is 350 Å². The Balaban J connectivity index is 1.48. The summed E-state index contributed by atoms with van der Waals surface area (Å²) in [5, 5.41) is 24.0. The monoisotopic (exact) mass is 800 g/mol. The summed E-state index contributed by atoms with van der Waals surface area (Å²) >= 11 is 0. The highest BCUT2D eigenvalue weighted by atomic mass is 16.6. The van der Waals surface area contributed by atoms with Crippen molar-refractivity contribution in [3.8, 4) is 78.3 Å². The number of nitro benzene ring substituents is 2. The van der Waals surface area contributed by atoms with Gasteiger partial charge in [-0.05, 0) is 139 Å². The van der Waals surface area contributed by atoms with Gasteiger partial charge in [0, 0.05) is 46.8 Å². The topological polar surface area (TPSA) is 157 Å². The summed E-state index contributed by atoms with van der Waals surface area (Å²) in [5.74, 6) is 1.34. The van der Waals surface area contributed by atoms with E-state index in [1.807, 2.05) is 84.9 Å². The number of fused-ring (bicyclic) bond motifs is 10. The zero-order valence-electron chi connectivity index (χ0n) is 33.0. The second-order valence-electron chi connectivity index (χ2n) is 15.2. The zero-order valence-corrected chi connectivity index (χ0v) is 33.0. The van der Waals surface area contributed by atoms with E-state index in [0.717, 1.165) is 83.5 Å². The van der Waals surface area contributed by atoms with E-state index in [9.17, 15) is 20.2 Å². The van der Waals surface area contributed by atoms with Gasteiger partial charge in [0.15, 0.2) is 0 Å². The summed E-state index contributed by atoms with van der Waals surface area (Å²) in [6.07, 6.45) is 0. The van der Waals surface area contributed by atoms with Gasteiger partial charge in [0.1, 0.15) is 11.5 Å². The van der Waals surface area contributed by atoms with Crippen molar-refractivity contribution in [2.45, 2.75) is 5.41 Å². The summed E-state index contributed by atoms with van der Waals surface area (Å²) in [6, 6.07) is 49.4. The third-order valence-corrected chi connectivity index (χ3v) is 12.2. The van der Waals surface area contributed by atoms with Gasteiger partial charge in [-0.3, -0.25) is 20.2 Å². The van der Waals surface area contributed by atoms with Crippen LogP contribution >= 0.6 is 0 Å². The van der Waals surface area contributed by atoms with Crippen LogP contribution in [0.3, 0.4) is 0 Å². The number of ether oxygens (including phenoxy) is 2. The van der Waals surface area contributed by atoms with Crippen molar-refractivity contribution in [2.24, 2.45) is 0 Å². The number of hydrogen-bond donors (Lipinski definition) is 2. The molecular formula is C51H36N4O6. The number of benzene rings is 8. The molecule has 0 saturated heterocycles. The molecule has 0 radical (unpaired) electrons. The highest BCUT2D eigenvalue weighted by Gasteiger charge is 2.55. The lowest BCUT2D eigenvalue weighted by Gasteiger charge is -2.34. The van der Waals surface area contributed by atoms with Gasteiger partial charge in [-0.25, -0.2) is 0 Å². The Morgan fingerprint density at radius 2 is 0.902 bits per heavy atom. The van der Waals surface area contributed by atoms with Gasteiger partial charge >= 0.3 is 0 Å². The van der Waals surface area contributed by atoms with Crippen LogP contribution in [-0.2, 0) is 5.41 Å². The molecular weight excluding hydrogens is 765 g/mol. The quantitative estimate of drug-likeness (QED) is 0.0873. The van der Waals surface area contributed by atoms with E-state index in [0.29, 0.717) is 28.4 Å². The molecule has 10 heteroatoms. The Hall–Kier alpha value is -8.24. The molecule has 8 aromatic carbocycles. The number of anilines is 2. The Morgan fingerprint density at radius 3 is 1.39 bits per heavy atom. The molecule has 2 aliphatic rings. The second-order valence-corrected chi connectivity index (χ2v) is 15.2. The number of hydrogen-bond acceptors (Lipinski definition) is 8. The molecule has 10 nitrogen and oxygen atoms in total. The van der Waals surface area contributed by atoms with Gasteiger partial charge in [0.25, 0.3) is 11.4 Å². The third-order valence-electron chi connectivity index (χ3n) is 12.2. The van der Waals surface area contributed by atoms with E-state index in [-0.39, 0.29) is 11.4 Å². The maximum absolute atomic E-state index is 12.1. The van der Waals surface area contributed by atoms with Crippen LogP contribution < -0.4 is 20.9 Å². The fourth-order valence-electron chi connectivity index (χ4n) is 9.70. The molecule has 0 bridgehead atoms. The number of nitrogens with zero attached hydrogens (tertiary/aromatic N) is 2. The molecule has 0 heterocycles. The van der Waals surface area contributed by atoms with Crippen molar-refractivity contribution >= 4 is 22.7 Å². The van der Waals surface area contributed by atoms with Crippen LogP contribution in [0.5, 0.6) is 11.5 Å². The molecule has 0 fully saturated rings. The lowest BCUT2D eigenvalue weighted by molar-refractivity contribution is -0.385. The number of nitrogen functional groups attached to an aromatic ring is 2. The highest BCUT2D eigenvalue weighted by molar-refractivity contribution is 6.15. The largest absolute Gasteiger partial charge is 0.497 e. The normalized spacial score (nSPS) is 12.6. The predicted octanol–water partition coefficient (Wildman–Crippen LogP) is 11.7. The first kappa shape index (κ1) is 37.1. The lowest BCUT2D eigenvalue weighted by atomic mass is 9.67. The number of rotatable bonds is 8. The molecule has 10 rings (SSSR count). The maximum atomic E-state index is 12.1. The summed E-state index contributed by atoms with van der Waals surface area (Å²) in [7, 11) is 3.24. The van der Waals surface area contributed by atoms with Crippen molar-refractivity contribution in [1.82, 2.24) is 0 Å². The van der Waals surface area contributed by atoms with Crippen LogP contribution in [0.2, 0.25) is 0 Å². The van der Waals surface area contributed by atoms with Gasteiger partial charge in [-0.2, -0.15) is 0 Å². The molecule has 0 atom stereocenters. The SMILES string of the molecule is COc1ccc(-c2c(N)c(-c3ccc(OC)cc3)c3c(c2-c2ccc([N+](=O)[O-])cc2)-c2c(-c4ccc([N+](=O)[O-])cc4)cc(N)cc2C32c3ccccc3-c3ccccc32)cc1. The van der Waals surface area contributed by atoms with Crippen molar-refractivity contribution in [2.75, 3.05) is 25.7 Å². The predicted molar refractivity (Wildman–Crippen MR) is 240 cm³/mol. The molecule has 0 amide bonds. The molecule has 0 aliphatic heterocycles. The number of nitrogens with two attached hydrogens (primary N) is 2. The van der Waals surface area contributed by atoms with E-state index < -0.39 is 15.3 Å². The van der Waals surface area contributed by atoms with Crippen LogP contribution in [0.4, 0.5) is 22.7 Å². The lowest BCUT2D eigenvalue weighted by Crippen LogP contribution is -2.27. The summed E-state index contributed by atoms with van der Waals surface area (Å²) in [5.41, 5.74) is 28.6. The molecule has 8 aromatic rings. The van der Waals surface area contributed by atoms with Crippen molar-refractivity contribution in [3.05, 3.63) is 200 Å². The minimum atomic E-state index is -0.986. The molecule has 0 saturated carbocycles. The molecule has 4 N–H and O–H groups in total. The maximum Gasteiger partial charge on any atom is 0.269 e. The minimum Gasteiger partial charge on any atom is -0.497 e. The van der Waals surface area contributed by atoms with Crippen molar-refractivity contribution in [1.29, 1.82) is 0 Å². The number of methoxy groups -OCH3 is 2. The molecule has 61 heavy (non-hydrogen) atoms. The standard InChI is InChI=1S/C51H36N4O6/c1-60-36-23-15-31(16-24-36)45-44(30-13-21-35(22-14-30)55(58)59)48-47-40(29-11-19-34(20-12-29)54(56)57)27-33(52)28-43(47)51(41-9-5-3-7-38(41)39-8-4-6-10-42(39)51)49(48)46(50(45)53)32-17-25-37(61-2)26-18-32/h3-28H,52-53H2,1-2H3. The first-order chi connectivity index (χ1) is 29.6. The van der Waals surface area contributed by atoms with Crippen LogP contribution in [0.25, 0.3) is 66.8 Å². The minimum absolute atomic E-state index is 0.0391. The fraction of sp³-hybridized carbons (Fsp3) is 0.0588. The summed E-state index contributed by atoms with van der Waals surface area (Å²) in [4.78, 5) is 23.1. The zero-order chi connectivity index (χ0) is 42.2. The van der Waals surface area contributed by atoms with Gasteiger partial charge in [-0.15, -0.1) is 0 Å². The summed E-state index contributed by atoms with van der Waals surface area (Å²) < 4.78 is 11.2. The van der Waals surface area contributed by atoms with Gasteiger partial charge in [0.05, 0.1) is 29.5 Å². The molecule has 1 spiro atoms. The highest BCUT2D eigenvalue weighted by Crippen LogP contribution is 2.69. The Bertz CT molecular complexity index is 3060. The number of non-ortho nitro benzene ring substituents is 2. The average Bonchev–Trinajstić information content (AvgIpc) is 3.76. The Morgan fingerprint density at radius 1 is 0.459 bits per heavy atom. The van der Waals surface area contributed by atoms with Crippen LogP contribution in [0.15, 0.2) is 158 Å². The molecule has 296 valence electrons. The van der Waals surface area contributed by atoms with Crippen molar-refractivity contribution in [3.63, 3.8) is 0 Å². The fourth-order valence-corrected chi connectivity index (χ4v) is 9.70. The van der Waals surface area contributed by atoms with Crippen LogP contribution in [-0.4, -0.2) is 24.1 Å². The first-order valence-corrected chi connectivity index (χ1v) is 19.6. The first-order valence-electron chi connectivity index (χ1n) is 19.6. The van der Waals surface area contributed by atoms with E-state index in [1.54, 1.807) is 38.5 Å². The van der Waals surface area contributed by atoms with E-state index in [4.69, 9.17) is 20.9 Å². The second kappa shape index (κ2) is 14.0.